The number of rotatable bonds is 1. The molecule has 54 valence electrons. The molecule has 1 aliphatic rings. The average Bonchev–Trinajstić information content (AvgIpc) is 2.58. The number of hydrogen-bond acceptors (Lipinski definition) is 0. The molecule has 1 heterocycles. The van der Waals surface area contributed by atoms with Crippen molar-refractivity contribution in [3.8, 4) is 0 Å². The van der Waals surface area contributed by atoms with Crippen LogP contribution in [-0.4, -0.2) is 41.8 Å². The quantitative estimate of drug-likeness (QED) is 0.662. The van der Waals surface area contributed by atoms with Gasteiger partial charge in [0.15, 0.2) is 0 Å². The molecular formula is C8H7As3. The van der Waals surface area contributed by atoms with Gasteiger partial charge in [-0.25, -0.2) is 0 Å². The second-order valence-corrected chi connectivity index (χ2v) is 22.8. The Morgan fingerprint density at radius 1 is 1.09 bits per heavy atom. The van der Waals surface area contributed by atoms with Crippen LogP contribution in [0.2, 0.25) is 5.21 Å². The third-order valence-corrected chi connectivity index (χ3v) is 24.3. The zero-order valence-electron chi connectivity index (χ0n) is 5.94. The molecule has 0 radical (unpaired) electrons. The Balaban J connectivity index is 2.31. The maximum absolute atomic E-state index is 2.28. The first-order chi connectivity index (χ1) is 5.47. The van der Waals surface area contributed by atoms with Crippen molar-refractivity contribution in [2.75, 3.05) is 0 Å². The third kappa shape index (κ3) is 2.12. The molecule has 1 aliphatic heterocycles. The van der Waals surface area contributed by atoms with E-state index in [0.29, 0.717) is 13.2 Å². The predicted octanol–water partition coefficient (Wildman–Crippen LogP) is 0.582. The number of benzene rings is 1. The Morgan fingerprint density at radius 2 is 1.91 bits per heavy atom. The van der Waals surface area contributed by atoms with Crippen LogP contribution in [0, 0.1) is 0 Å². The summed E-state index contributed by atoms with van der Waals surface area (Å²) in [4.78, 5) is 0. The fourth-order valence-electron chi connectivity index (χ4n) is 0.995. The summed E-state index contributed by atoms with van der Waals surface area (Å²) in [5.41, 5.74) is 1.55. The molecule has 0 aliphatic carbocycles. The molecule has 0 nitrogen and oxygen atoms in total. The average molecular weight is 328 g/mol. The zero-order chi connectivity index (χ0) is 7.52. The van der Waals surface area contributed by atoms with Crippen molar-refractivity contribution in [3.63, 3.8) is 0 Å². The van der Waals surface area contributed by atoms with Gasteiger partial charge >= 0.3 is 82.9 Å². The van der Waals surface area contributed by atoms with Crippen LogP contribution in [0.15, 0.2) is 30.3 Å². The van der Waals surface area contributed by atoms with E-state index in [1.807, 2.05) is 4.30 Å². The van der Waals surface area contributed by atoms with Gasteiger partial charge in [0.1, 0.15) is 0 Å². The van der Waals surface area contributed by atoms with Crippen LogP contribution in [0.1, 0.15) is 5.56 Å². The molecule has 0 aromatic heterocycles. The standard InChI is InChI=1S/C8H7As3/c1-2-4-7(5-3-1)8-6-9-11-10-8/h1-5H,6H2. The predicted molar refractivity (Wildman–Crippen MR) is 52.6 cm³/mol. The van der Waals surface area contributed by atoms with Gasteiger partial charge in [-0.1, -0.05) is 0 Å². The second kappa shape index (κ2) is 4.13. The van der Waals surface area contributed by atoms with Crippen LogP contribution in [0.5, 0.6) is 0 Å². The molecule has 0 amide bonds. The molecule has 0 fully saturated rings. The van der Waals surface area contributed by atoms with Crippen LogP contribution >= 0.6 is 0 Å². The van der Waals surface area contributed by atoms with Gasteiger partial charge < -0.3 is 0 Å². The Kier molecular flexibility index (Phi) is 3.14. The molecule has 0 N–H and O–H groups in total. The van der Waals surface area contributed by atoms with Crippen LogP contribution in [0.25, 0.3) is 0 Å². The van der Waals surface area contributed by atoms with Gasteiger partial charge in [0.25, 0.3) is 0 Å². The van der Waals surface area contributed by atoms with Crippen molar-refractivity contribution < 1.29 is 0 Å². The summed E-state index contributed by atoms with van der Waals surface area (Å²) in [7, 11) is 0. The number of hydrogen-bond donors (Lipinski definition) is 0. The second-order valence-electron chi connectivity index (χ2n) is 2.30. The van der Waals surface area contributed by atoms with Crippen molar-refractivity contribution in [1.82, 2.24) is 0 Å². The summed E-state index contributed by atoms with van der Waals surface area (Å²) < 4.78 is 1.84. The van der Waals surface area contributed by atoms with Gasteiger partial charge in [-0.2, -0.15) is 0 Å². The zero-order valence-corrected chi connectivity index (χ0v) is 11.6. The van der Waals surface area contributed by atoms with Gasteiger partial charge in [0.2, 0.25) is 0 Å². The SMILES string of the molecule is c1ccc(C2=[As][As]=[As]C2)cc1. The molecule has 0 atom stereocenters. The molecule has 0 bridgehead atoms. The summed E-state index contributed by atoms with van der Waals surface area (Å²) in [6.45, 7) is 0. The van der Waals surface area contributed by atoms with Crippen LogP contribution in [0.4, 0.5) is 0 Å². The van der Waals surface area contributed by atoms with E-state index in [0.717, 1.165) is 24.2 Å². The minimum absolute atomic E-state index is 0.684. The van der Waals surface area contributed by atoms with E-state index in [-0.39, 0.29) is 0 Å². The maximum atomic E-state index is 2.28. The molecule has 1 aromatic rings. The summed E-state index contributed by atoms with van der Waals surface area (Å²) in [6, 6.07) is 11.0. The van der Waals surface area contributed by atoms with Crippen molar-refractivity contribution in [2.24, 2.45) is 0 Å². The molecule has 3 heteroatoms. The van der Waals surface area contributed by atoms with E-state index in [2.05, 4.69) is 30.3 Å². The van der Waals surface area contributed by atoms with Gasteiger partial charge in [0, 0.05) is 0 Å². The molecule has 0 unspecified atom stereocenters. The topological polar surface area (TPSA) is 0 Å². The summed E-state index contributed by atoms with van der Waals surface area (Å²) in [5.74, 6) is 0. The Morgan fingerprint density at radius 3 is 2.55 bits per heavy atom. The van der Waals surface area contributed by atoms with E-state index in [1.165, 1.54) is 5.21 Å². The van der Waals surface area contributed by atoms with Gasteiger partial charge in [-0.15, -0.1) is 0 Å². The van der Waals surface area contributed by atoms with Crippen molar-refractivity contribution in [3.05, 3.63) is 35.9 Å². The molecule has 2 rings (SSSR count). The fourth-order valence-corrected chi connectivity index (χ4v) is 29.3. The van der Waals surface area contributed by atoms with Gasteiger partial charge in [0.05, 0.1) is 0 Å². The van der Waals surface area contributed by atoms with Crippen molar-refractivity contribution in [2.45, 2.75) is 5.21 Å². The minimum atomic E-state index is 0.684. The normalized spacial score (nSPS) is 19.5. The van der Waals surface area contributed by atoms with Gasteiger partial charge in [-0.3, -0.25) is 0 Å². The summed E-state index contributed by atoms with van der Waals surface area (Å²) >= 11 is 2.34. The Bertz CT molecular complexity index is 300. The van der Waals surface area contributed by atoms with E-state index < -0.39 is 0 Å². The molecule has 0 saturated carbocycles. The third-order valence-electron chi connectivity index (χ3n) is 1.56. The first-order valence-electron chi connectivity index (χ1n) is 3.45. The first-order valence-corrected chi connectivity index (χ1v) is 16.1. The fraction of sp³-hybridized carbons (Fsp3) is 0.125. The monoisotopic (exact) mass is 328 g/mol. The van der Waals surface area contributed by atoms with Crippen LogP contribution < -0.4 is 0 Å². The first kappa shape index (κ1) is 8.37. The van der Waals surface area contributed by atoms with Gasteiger partial charge in [-0.05, 0) is 0 Å². The molecule has 11 heavy (non-hydrogen) atoms. The molecule has 0 saturated heterocycles. The molecule has 1 aromatic carbocycles. The summed E-state index contributed by atoms with van der Waals surface area (Å²) in [5, 5.41) is 1.50. The Labute approximate surface area is 82.2 Å². The van der Waals surface area contributed by atoms with E-state index >= 15 is 0 Å². The van der Waals surface area contributed by atoms with E-state index in [4.69, 9.17) is 0 Å². The summed E-state index contributed by atoms with van der Waals surface area (Å²) in [6.07, 6.45) is 0. The van der Waals surface area contributed by atoms with E-state index in [9.17, 15) is 0 Å². The van der Waals surface area contributed by atoms with E-state index in [1.54, 1.807) is 5.56 Å². The van der Waals surface area contributed by atoms with Crippen molar-refractivity contribution in [1.29, 1.82) is 0 Å². The van der Waals surface area contributed by atoms with Crippen LogP contribution in [-0.2, 0) is 0 Å². The Hall–Kier alpha value is 0.765. The van der Waals surface area contributed by atoms with Crippen molar-refractivity contribution >= 4 is 41.8 Å². The van der Waals surface area contributed by atoms with Crippen LogP contribution in [0.3, 0.4) is 0 Å². The molecular weight excluding hydrogens is 321 g/mol. The molecule has 0 spiro atoms.